The number of nitrogens with zero attached hydrogens (tertiary/aromatic N) is 3. The largest absolute Gasteiger partial charge is 0.359 e. The number of carbonyl (C=O) groups is 1. The molecule has 0 radical (unpaired) electrons. The molecule has 0 saturated carbocycles. The van der Waals surface area contributed by atoms with E-state index in [9.17, 15) is 4.79 Å². The van der Waals surface area contributed by atoms with Crippen LogP contribution in [0.1, 0.15) is 42.7 Å². The van der Waals surface area contributed by atoms with Crippen LogP contribution in [0.3, 0.4) is 0 Å². The van der Waals surface area contributed by atoms with E-state index in [1.54, 1.807) is 11.9 Å². The molecule has 0 spiro atoms. The number of carbonyl (C=O) groups excluding carboxylic acids is 1. The topological polar surface area (TPSA) is 61.6 Å². The summed E-state index contributed by atoms with van der Waals surface area (Å²) in [6, 6.07) is 12.6. The van der Waals surface area contributed by atoms with E-state index in [-0.39, 0.29) is 6.03 Å². The Morgan fingerprint density at radius 2 is 2.19 bits per heavy atom. The smallest absolute Gasteiger partial charge is 0.317 e. The number of urea groups is 1. The number of aromatic nitrogens is 1. The Morgan fingerprint density at radius 1 is 1.37 bits per heavy atom. The highest BCUT2D eigenvalue weighted by molar-refractivity contribution is 5.73. The van der Waals surface area contributed by atoms with Crippen LogP contribution >= 0.6 is 0 Å². The van der Waals surface area contributed by atoms with Crippen LogP contribution in [0, 0.1) is 0 Å². The van der Waals surface area contributed by atoms with Crippen molar-refractivity contribution in [3.8, 4) is 0 Å². The van der Waals surface area contributed by atoms with Crippen LogP contribution in [0.25, 0.3) is 0 Å². The lowest BCUT2D eigenvalue weighted by Gasteiger charge is -2.33. The minimum atomic E-state index is -0.0823. The van der Waals surface area contributed by atoms with Gasteiger partial charge in [0.05, 0.1) is 12.2 Å². The van der Waals surface area contributed by atoms with Crippen LogP contribution in [0.2, 0.25) is 0 Å². The summed E-state index contributed by atoms with van der Waals surface area (Å²) >= 11 is 0. The van der Waals surface area contributed by atoms with Crippen molar-refractivity contribution < 1.29 is 9.32 Å². The van der Waals surface area contributed by atoms with Crippen molar-refractivity contribution in [2.75, 3.05) is 33.2 Å². The molecule has 2 amide bonds. The molecule has 1 aliphatic rings. The molecular formula is C21H30N4O2. The maximum atomic E-state index is 12.3. The number of amides is 2. The van der Waals surface area contributed by atoms with Crippen LogP contribution in [-0.4, -0.2) is 54.2 Å². The zero-order chi connectivity index (χ0) is 19.1. The van der Waals surface area contributed by atoms with E-state index in [1.165, 1.54) is 18.4 Å². The van der Waals surface area contributed by atoms with Crippen LogP contribution in [0.5, 0.6) is 0 Å². The SMILES string of the molecule is CCc1cc(CN(C)C(=O)NCCN2CCC[C@@H](c3ccccc3)C2)on1. The second-order valence-electron chi connectivity index (χ2n) is 7.28. The summed E-state index contributed by atoms with van der Waals surface area (Å²) in [7, 11) is 1.77. The lowest BCUT2D eigenvalue weighted by atomic mass is 9.91. The van der Waals surface area contributed by atoms with Crippen LogP contribution in [-0.2, 0) is 13.0 Å². The molecule has 2 aromatic rings. The Labute approximate surface area is 161 Å². The molecule has 1 N–H and O–H groups in total. The number of likely N-dealkylation sites (tertiary alicyclic amines) is 1. The monoisotopic (exact) mass is 370 g/mol. The maximum absolute atomic E-state index is 12.3. The van der Waals surface area contributed by atoms with Gasteiger partial charge in [0.2, 0.25) is 0 Å². The van der Waals surface area contributed by atoms with E-state index in [0.717, 1.165) is 31.7 Å². The molecular weight excluding hydrogens is 340 g/mol. The predicted octanol–water partition coefficient (Wildman–Crippen LogP) is 3.26. The first-order valence-electron chi connectivity index (χ1n) is 9.86. The number of hydrogen-bond donors (Lipinski definition) is 1. The zero-order valence-electron chi connectivity index (χ0n) is 16.4. The molecule has 1 fully saturated rings. The first kappa shape index (κ1) is 19.4. The molecule has 0 unspecified atom stereocenters. The highest BCUT2D eigenvalue weighted by Crippen LogP contribution is 2.26. The van der Waals surface area contributed by atoms with E-state index in [4.69, 9.17) is 4.52 Å². The standard InChI is InChI=1S/C21H30N4O2/c1-3-19-14-20(27-23-19)16-24(2)21(26)22-11-13-25-12-7-10-18(15-25)17-8-5-4-6-9-17/h4-6,8-9,14,18H,3,7,10-13,15-16H2,1-2H3,(H,22,26)/t18-/m1/s1. The Balaban J connectivity index is 1.40. The number of nitrogens with one attached hydrogen (secondary N) is 1. The van der Waals surface area contributed by atoms with Crippen molar-refractivity contribution >= 4 is 6.03 Å². The lowest BCUT2D eigenvalue weighted by Crippen LogP contribution is -2.43. The quantitative estimate of drug-likeness (QED) is 0.813. The van der Waals surface area contributed by atoms with Crippen LogP contribution in [0.4, 0.5) is 4.79 Å². The molecule has 0 aliphatic carbocycles. The average molecular weight is 370 g/mol. The molecule has 1 atom stereocenters. The van der Waals surface area contributed by atoms with Gasteiger partial charge in [0.1, 0.15) is 0 Å². The molecule has 6 nitrogen and oxygen atoms in total. The molecule has 1 saturated heterocycles. The number of aryl methyl sites for hydroxylation is 1. The van der Waals surface area contributed by atoms with Gasteiger partial charge < -0.3 is 19.6 Å². The van der Waals surface area contributed by atoms with E-state index in [0.29, 0.717) is 24.8 Å². The lowest BCUT2D eigenvalue weighted by molar-refractivity contribution is 0.189. The van der Waals surface area contributed by atoms with Gasteiger partial charge in [-0.2, -0.15) is 0 Å². The zero-order valence-corrected chi connectivity index (χ0v) is 16.4. The summed E-state index contributed by atoms with van der Waals surface area (Å²) in [4.78, 5) is 16.4. The Morgan fingerprint density at radius 3 is 2.93 bits per heavy atom. The molecule has 6 heteroatoms. The summed E-state index contributed by atoms with van der Waals surface area (Å²) < 4.78 is 5.25. The van der Waals surface area contributed by atoms with E-state index >= 15 is 0 Å². The number of hydrogen-bond acceptors (Lipinski definition) is 4. The van der Waals surface area contributed by atoms with E-state index in [2.05, 4.69) is 45.7 Å². The molecule has 2 heterocycles. The second kappa shape index (κ2) is 9.55. The third-order valence-corrected chi connectivity index (χ3v) is 5.19. The average Bonchev–Trinajstić information content (AvgIpc) is 3.16. The van der Waals surface area contributed by atoms with Crippen LogP contribution in [0.15, 0.2) is 40.9 Å². The number of rotatable bonds is 7. The Bertz CT molecular complexity index is 716. The van der Waals surface area contributed by atoms with Gasteiger partial charge in [-0.05, 0) is 37.3 Å². The van der Waals surface area contributed by atoms with Crippen molar-refractivity contribution in [2.24, 2.45) is 0 Å². The van der Waals surface area contributed by atoms with Gasteiger partial charge in [-0.3, -0.25) is 0 Å². The van der Waals surface area contributed by atoms with E-state index < -0.39 is 0 Å². The summed E-state index contributed by atoms with van der Waals surface area (Å²) in [6.07, 6.45) is 3.28. The third kappa shape index (κ3) is 5.57. The van der Waals surface area contributed by atoms with Gasteiger partial charge in [0.25, 0.3) is 0 Å². The Hall–Kier alpha value is -2.34. The molecule has 3 rings (SSSR count). The minimum absolute atomic E-state index is 0.0823. The second-order valence-corrected chi connectivity index (χ2v) is 7.28. The molecule has 146 valence electrons. The number of piperidine rings is 1. The molecule has 1 aromatic carbocycles. The fourth-order valence-electron chi connectivity index (χ4n) is 3.61. The maximum Gasteiger partial charge on any atom is 0.317 e. The van der Waals surface area contributed by atoms with Gasteiger partial charge >= 0.3 is 6.03 Å². The summed E-state index contributed by atoms with van der Waals surface area (Å²) in [5.74, 6) is 1.31. The molecule has 1 aromatic heterocycles. The fraction of sp³-hybridized carbons (Fsp3) is 0.524. The first-order chi connectivity index (χ1) is 13.2. The molecule has 1 aliphatic heterocycles. The van der Waals surface area contributed by atoms with Gasteiger partial charge in [-0.1, -0.05) is 42.4 Å². The molecule has 27 heavy (non-hydrogen) atoms. The van der Waals surface area contributed by atoms with Gasteiger partial charge in [0, 0.05) is 32.7 Å². The van der Waals surface area contributed by atoms with Crippen LogP contribution < -0.4 is 5.32 Å². The van der Waals surface area contributed by atoms with Gasteiger partial charge in [-0.15, -0.1) is 0 Å². The van der Waals surface area contributed by atoms with Crippen molar-refractivity contribution in [3.63, 3.8) is 0 Å². The minimum Gasteiger partial charge on any atom is -0.359 e. The fourth-order valence-corrected chi connectivity index (χ4v) is 3.61. The number of benzene rings is 1. The summed E-state index contributed by atoms with van der Waals surface area (Å²) in [5, 5.41) is 6.97. The van der Waals surface area contributed by atoms with Crippen molar-refractivity contribution in [1.29, 1.82) is 0 Å². The summed E-state index contributed by atoms with van der Waals surface area (Å²) in [5.41, 5.74) is 2.33. The normalized spacial score (nSPS) is 17.6. The van der Waals surface area contributed by atoms with Gasteiger partial charge in [-0.25, -0.2) is 4.79 Å². The van der Waals surface area contributed by atoms with E-state index in [1.807, 2.05) is 13.0 Å². The first-order valence-corrected chi connectivity index (χ1v) is 9.86. The highest BCUT2D eigenvalue weighted by Gasteiger charge is 2.21. The van der Waals surface area contributed by atoms with Crippen molar-refractivity contribution in [1.82, 2.24) is 20.3 Å². The van der Waals surface area contributed by atoms with Crippen molar-refractivity contribution in [2.45, 2.75) is 38.6 Å². The molecule has 0 bridgehead atoms. The third-order valence-electron chi connectivity index (χ3n) is 5.19. The Kier molecular flexibility index (Phi) is 6.87. The summed E-state index contributed by atoms with van der Waals surface area (Å²) in [6.45, 7) is 6.16. The van der Waals surface area contributed by atoms with Gasteiger partial charge in [0.15, 0.2) is 5.76 Å². The predicted molar refractivity (Wildman–Crippen MR) is 106 cm³/mol. The van der Waals surface area contributed by atoms with Crippen molar-refractivity contribution in [3.05, 3.63) is 53.4 Å². The highest BCUT2D eigenvalue weighted by atomic mass is 16.5.